The predicted molar refractivity (Wildman–Crippen MR) is 116 cm³/mol. The number of rotatable bonds is 2. The number of nitrogens with one attached hydrogen (secondary N) is 1. The maximum absolute atomic E-state index is 6.17. The zero-order valence-electron chi connectivity index (χ0n) is 16.2. The van der Waals surface area contributed by atoms with Crippen LogP contribution in [-0.4, -0.2) is 5.84 Å². The SMILES string of the molecule is CC1CCCCC2(CC1)Cc1ccccc1NC2=NCc1cccc(Cl)c1. The molecule has 1 aliphatic carbocycles. The van der Waals surface area contributed by atoms with Crippen LogP contribution in [0.2, 0.25) is 5.02 Å². The summed E-state index contributed by atoms with van der Waals surface area (Å²) in [4.78, 5) is 5.11. The summed E-state index contributed by atoms with van der Waals surface area (Å²) in [6.07, 6.45) is 8.86. The van der Waals surface area contributed by atoms with Crippen molar-refractivity contribution in [2.45, 2.75) is 58.4 Å². The molecule has 27 heavy (non-hydrogen) atoms. The van der Waals surface area contributed by atoms with Gasteiger partial charge in [0.05, 0.1) is 6.54 Å². The van der Waals surface area contributed by atoms with E-state index in [1.165, 1.54) is 61.2 Å². The molecule has 142 valence electrons. The Morgan fingerprint density at radius 1 is 1.07 bits per heavy atom. The second-order valence-corrected chi connectivity index (χ2v) is 8.86. The molecule has 2 atom stereocenters. The Hall–Kier alpha value is -1.80. The fourth-order valence-electron chi connectivity index (χ4n) is 4.68. The molecule has 0 radical (unpaired) electrons. The second-order valence-electron chi connectivity index (χ2n) is 8.42. The summed E-state index contributed by atoms with van der Waals surface area (Å²) in [6, 6.07) is 16.8. The van der Waals surface area contributed by atoms with Crippen LogP contribution >= 0.6 is 11.6 Å². The number of hydrogen-bond acceptors (Lipinski definition) is 1. The zero-order valence-corrected chi connectivity index (χ0v) is 16.9. The minimum absolute atomic E-state index is 0.154. The van der Waals surface area contributed by atoms with E-state index in [9.17, 15) is 0 Å². The van der Waals surface area contributed by atoms with Crippen LogP contribution in [0.3, 0.4) is 0 Å². The van der Waals surface area contributed by atoms with E-state index in [1.54, 1.807) is 0 Å². The third-order valence-corrected chi connectivity index (χ3v) is 6.56. The van der Waals surface area contributed by atoms with Crippen LogP contribution in [0.5, 0.6) is 0 Å². The molecular formula is C24H29ClN2. The Morgan fingerprint density at radius 3 is 2.85 bits per heavy atom. The van der Waals surface area contributed by atoms with E-state index >= 15 is 0 Å². The summed E-state index contributed by atoms with van der Waals surface area (Å²) in [5.41, 5.74) is 3.99. The monoisotopic (exact) mass is 380 g/mol. The maximum atomic E-state index is 6.17. The highest BCUT2D eigenvalue weighted by Crippen LogP contribution is 2.44. The number of benzene rings is 2. The molecule has 0 saturated heterocycles. The molecule has 0 amide bonds. The number of amidine groups is 1. The summed E-state index contributed by atoms with van der Waals surface area (Å²) in [6.45, 7) is 3.09. The van der Waals surface area contributed by atoms with Crippen molar-refractivity contribution in [2.75, 3.05) is 5.32 Å². The number of halogens is 1. The van der Waals surface area contributed by atoms with Crippen molar-refractivity contribution in [1.29, 1.82) is 0 Å². The average molecular weight is 381 g/mol. The van der Waals surface area contributed by atoms with Crippen LogP contribution in [0, 0.1) is 11.3 Å². The second kappa shape index (κ2) is 8.06. The molecule has 3 heteroatoms. The predicted octanol–water partition coefficient (Wildman–Crippen LogP) is 6.88. The van der Waals surface area contributed by atoms with Crippen LogP contribution in [0.1, 0.15) is 56.6 Å². The number of para-hydroxylation sites is 1. The van der Waals surface area contributed by atoms with Gasteiger partial charge in [0.15, 0.2) is 0 Å². The largest absolute Gasteiger partial charge is 0.343 e. The number of nitrogens with zero attached hydrogens (tertiary/aromatic N) is 1. The maximum Gasteiger partial charge on any atom is 0.108 e. The van der Waals surface area contributed by atoms with Gasteiger partial charge in [-0.1, -0.05) is 68.1 Å². The summed E-state index contributed by atoms with van der Waals surface area (Å²) in [5, 5.41) is 4.50. The van der Waals surface area contributed by atoms with E-state index in [2.05, 4.69) is 42.6 Å². The highest BCUT2D eigenvalue weighted by Gasteiger charge is 2.40. The first-order valence-electron chi connectivity index (χ1n) is 10.3. The molecule has 1 heterocycles. The Kier molecular flexibility index (Phi) is 5.54. The van der Waals surface area contributed by atoms with E-state index < -0.39 is 0 Å². The molecule has 2 aliphatic rings. The standard InChI is InChI=1S/C24H29ClN2/c1-18-7-4-5-13-24(14-12-18)16-20-9-2-3-11-22(20)27-23(24)26-17-19-8-6-10-21(25)15-19/h2-3,6,8-11,15,18H,4-5,7,12-14,16-17H2,1H3,(H,26,27). The first-order valence-corrected chi connectivity index (χ1v) is 10.7. The number of hydrogen-bond donors (Lipinski definition) is 1. The summed E-state index contributed by atoms with van der Waals surface area (Å²) in [7, 11) is 0. The summed E-state index contributed by atoms with van der Waals surface area (Å²) in [5.74, 6) is 2.00. The Balaban J connectivity index is 1.67. The lowest BCUT2D eigenvalue weighted by molar-refractivity contribution is 0.266. The van der Waals surface area contributed by atoms with Crippen molar-refractivity contribution >= 4 is 23.1 Å². The molecule has 2 aromatic rings. The highest BCUT2D eigenvalue weighted by molar-refractivity contribution is 6.30. The van der Waals surface area contributed by atoms with Crippen molar-refractivity contribution in [2.24, 2.45) is 16.3 Å². The van der Waals surface area contributed by atoms with Crippen LogP contribution in [0.25, 0.3) is 0 Å². The first-order chi connectivity index (χ1) is 13.1. The van der Waals surface area contributed by atoms with Gasteiger partial charge in [0, 0.05) is 16.1 Å². The Labute approximate surface area is 168 Å². The molecule has 0 aromatic heterocycles. The van der Waals surface area contributed by atoms with E-state index in [0.717, 1.165) is 17.4 Å². The highest BCUT2D eigenvalue weighted by atomic mass is 35.5. The molecule has 1 fully saturated rings. The van der Waals surface area contributed by atoms with Crippen molar-refractivity contribution in [3.8, 4) is 0 Å². The smallest absolute Gasteiger partial charge is 0.108 e. The lowest BCUT2D eigenvalue weighted by Crippen LogP contribution is -2.43. The normalized spacial score (nSPS) is 26.9. The molecule has 1 aliphatic heterocycles. The van der Waals surface area contributed by atoms with Crippen LogP contribution < -0.4 is 5.32 Å². The minimum atomic E-state index is 0.154. The minimum Gasteiger partial charge on any atom is -0.343 e. The lowest BCUT2D eigenvalue weighted by Gasteiger charge is -2.42. The van der Waals surface area contributed by atoms with Gasteiger partial charge in [0.25, 0.3) is 0 Å². The fraction of sp³-hybridized carbons (Fsp3) is 0.458. The Morgan fingerprint density at radius 2 is 1.96 bits per heavy atom. The van der Waals surface area contributed by atoms with Gasteiger partial charge in [-0.05, 0) is 60.9 Å². The third-order valence-electron chi connectivity index (χ3n) is 6.33. The van der Waals surface area contributed by atoms with Gasteiger partial charge in [-0.3, -0.25) is 4.99 Å². The molecule has 2 unspecified atom stereocenters. The third kappa shape index (κ3) is 4.21. The van der Waals surface area contributed by atoms with Crippen molar-refractivity contribution in [1.82, 2.24) is 0 Å². The van der Waals surface area contributed by atoms with Gasteiger partial charge >= 0.3 is 0 Å². The molecule has 1 N–H and O–H groups in total. The molecule has 1 saturated carbocycles. The van der Waals surface area contributed by atoms with E-state index in [1.807, 2.05) is 18.2 Å². The quantitative estimate of drug-likeness (QED) is 0.603. The topological polar surface area (TPSA) is 24.4 Å². The van der Waals surface area contributed by atoms with Crippen molar-refractivity contribution in [3.63, 3.8) is 0 Å². The fourth-order valence-corrected chi connectivity index (χ4v) is 4.89. The van der Waals surface area contributed by atoms with E-state index in [4.69, 9.17) is 16.6 Å². The van der Waals surface area contributed by atoms with Gasteiger partial charge < -0.3 is 5.32 Å². The lowest BCUT2D eigenvalue weighted by atomic mass is 9.68. The molecule has 4 rings (SSSR count). The molecular weight excluding hydrogens is 352 g/mol. The zero-order chi connectivity index (χ0) is 18.7. The summed E-state index contributed by atoms with van der Waals surface area (Å²) >= 11 is 6.17. The summed E-state index contributed by atoms with van der Waals surface area (Å²) < 4.78 is 0. The number of fused-ring (bicyclic) bond motifs is 1. The molecule has 0 bridgehead atoms. The average Bonchev–Trinajstić information content (AvgIpc) is 2.67. The van der Waals surface area contributed by atoms with E-state index in [-0.39, 0.29) is 5.41 Å². The van der Waals surface area contributed by atoms with Gasteiger partial charge in [0.2, 0.25) is 0 Å². The number of anilines is 1. The van der Waals surface area contributed by atoms with E-state index in [0.29, 0.717) is 6.54 Å². The van der Waals surface area contributed by atoms with Crippen LogP contribution in [-0.2, 0) is 13.0 Å². The molecule has 1 spiro atoms. The Bertz CT molecular complexity index is 829. The molecule has 2 aromatic carbocycles. The van der Waals surface area contributed by atoms with Gasteiger partial charge in [-0.2, -0.15) is 0 Å². The van der Waals surface area contributed by atoms with Crippen molar-refractivity contribution in [3.05, 3.63) is 64.7 Å². The van der Waals surface area contributed by atoms with Gasteiger partial charge in [-0.15, -0.1) is 0 Å². The first kappa shape index (κ1) is 18.6. The van der Waals surface area contributed by atoms with Gasteiger partial charge in [-0.25, -0.2) is 0 Å². The van der Waals surface area contributed by atoms with Crippen LogP contribution in [0.15, 0.2) is 53.5 Å². The van der Waals surface area contributed by atoms with Crippen LogP contribution in [0.4, 0.5) is 5.69 Å². The molecule has 2 nitrogen and oxygen atoms in total. The number of aliphatic imine (C=N–C) groups is 1. The van der Waals surface area contributed by atoms with Crippen molar-refractivity contribution < 1.29 is 0 Å². The van der Waals surface area contributed by atoms with Gasteiger partial charge in [0.1, 0.15) is 5.84 Å².